The van der Waals surface area contributed by atoms with Crippen LogP contribution in [0.3, 0.4) is 0 Å². The van der Waals surface area contributed by atoms with Crippen LogP contribution in [0.25, 0.3) is 86.3 Å². The van der Waals surface area contributed by atoms with Gasteiger partial charge < -0.3 is 9.32 Å². The van der Waals surface area contributed by atoms with Crippen LogP contribution in [-0.2, 0) is 0 Å². The standard InChI is InChI=1S/C52H33NOS/c1-2-11-34(12-3-1)36-23-27-40(28-24-36)53(41-29-25-37(26-30-41)42-17-10-18-45-44-15-6-8-19-48(44)54-51(42)45)47-32-31-43(39-22-21-35-13-4-5-14-38(35)33-39)52-50(47)46-16-7-9-20-49(46)55-52/h1-33H. The van der Waals surface area contributed by atoms with Gasteiger partial charge in [0.15, 0.2) is 0 Å². The maximum Gasteiger partial charge on any atom is 0.143 e. The average Bonchev–Trinajstić information content (AvgIpc) is 3.84. The zero-order valence-corrected chi connectivity index (χ0v) is 30.6. The second-order valence-electron chi connectivity index (χ2n) is 14.1. The van der Waals surface area contributed by atoms with E-state index >= 15 is 0 Å². The minimum atomic E-state index is 0.908. The number of para-hydroxylation sites is 2. The quantitative estimate of drug-likeness (QED) is 0.170. The van der Waals surface area contributed by atoms with E-state index in [-0.39, 0.29) is 0 Å². The van der Waals surface area contributed by atoms with Crippen molar-refractivity contribution in [2.24, 2.45) is 0 Å². The van der Waals surface area contributed by atoms with Crippen molar-refractivity contribution in [3.8, 4) is 33.4 Å². The number of furan rings is 1. The van der Waals surface area contributed by atoms with Crippen molar-refractivity contribution in [2.45, 2.75) is 0 Å². The summed E-state index contributed by atoms with van der Waals surface area (Å²) in [7, 11) is 0. The number of rotatable bonds is 6. The molecule has 0 aliphatic carbocycles. The molecule has 0 spiro atoms. The Balaban J connectivity index is 1.10. The molecule has 0 N–H and O–H groups in total. The van der Waals surface area contributed by atoms with Crippen LogP contribution in [0.1, 0.15) is 0 Å². The van der Waals surface area contributed by atoms with Crippen molar-refractivity contribution < 1.29 is 4.42 Å². The highest BCUT2D eigenvalue weighted by Gasteiger charge is 2.22. The summed E-state index contributed by atoms with van der Waals surface area (Å²) in [6.07, 6.45) is 0. The number of nitrogens with zero attached hydrogens (tertiary/aromatic N) is 1. The van der Waals surface area contributed by atoms with Crippen LogP contribution in [0, 0.1) is 0 Å². The number of anilines is 3. The van der Waals surface area contributed by atoms with Gasteiger partial charge in [0, 0.05) is 47.9 Å². The van der Waals surface area contributed by atoms with E-state index in [0.717, 1.165) is 50.1 Å². The molecule has 0 atom stereocenters. The fourth-order valence-electron chi connectivity index (χ4n) is 8.21. The molecule has 0 saturated heterocycles. The molecule has 0 saturated carbocycles. The SMILES string of the molecule is c1ccc(-c2ccc(N(c3ccc(-c4cccc5c4oc4ccccc45)cc3)c3ccc(-c4ccc5ccccc5c4)c4sc5ccccc5c34)cc2)cc1. The molecular weight excluding hydrogens is 687 g/mol. The average molecular weight is 720 g/mol. The molecule has 2 nitrogen and oxygen atoms in total. The lowest BCUT2D eigenvalue weighted by atomic mass is 9.97. The highest BCUT2D eigenvalue weighted by atomic mass is 32.1. The van der Waals surface area contributed by atoms with Gasteiger partial charge >= 0.3 is 0 Å². The van der Waals surface area contributed by atoms with Crippen molar-refractivity contribution in [1.82, 2.24) is 0 Å². The summed E-state index contributed by atoms with van der Waals surface area (Å²) in [6.45, 7) is 0. The van der Waals surface area contributed by atoms with Gasteiger partial charge in [-0.1, -0.05) is 152 Å². The largest absolute Gasteiger partial charge is 0.455 e. The summed E-state index contributed by atoms with van der Waals surface area (Å²) in [5.41, 5.74) is 12.2. The fourth-order valence-corrected chi connectivity index (χ4v) is 9.47. The molecule has 0 amide bonds. The van der Waals surface area contributed by atoms with Gasteiger partial charge in [-0.2, -0.15) is 0 Å². The molecule has 258 valence electrons. The van der Waals surface area contributed by atoms with E-state index in [1.807, 2.05) is 23.5 Å². The lowest BCUT2D eigenvalue weighted by Gasteiger charge is -2.27. The van der Waals surface area contributed by atoms with E-state index in [9.17, 15) is 0 Å². The number of hydrogen-bond donors (Lipinski definition) is 0. The third-order valence-electron chi connectivity index (χ3n) is 10.9. The summed E-state index contributed by atoms with van der Waals surface area (Å²) in [6, 6.07) is 72.2. The zero-order valence-electron chi connectivity index (χ0n) is 29.8. The van der Waals surface area contributed by atoms with Crippen LogP contribution >= 0.6 is 11.3 Å². The van der Waals surface area contributed by atoms with E-state index in [2.05, 4.69) is 193 Å². The lowest BCUT2D eigenvalue weighted by molar-refractivity contribution is 0.670. The summed E-state index contributed by atoms with van der Waals surface area (Å²) in [5.74, 6) is 0. The molecule has 3 heteroatoms. The van der Waals surface area contributed by atoms with Gasteiger partial charge in [-0.15, -0.1) is 11.3 Å². The molecule has 0 aliphatic rings. The van der Waals surface area contributed by atoms with Crippen LogP contribution in [0.15, 0.2) is 205 Å². The molecule has 0 aliphatic heterocycles. The van der Waals surface area contributed by atoms with Gasteiger partial charge in [0.05, 0.1) is 5.69 Å². The Hall–Kier alpha value is -6.94. The van der Waals surface area contributed by atoms with E-state index in [4.69, 9.17) is 4.42 Å². The van der Waals surface area contributed by atoms with Gasteiger partial charge in [0.2, 0.25) is 0 Å². The first-order chi connectivity index (χ1) is 27.3. The van der Waals surface area contributed by atoms with Gasteiger partial charge in [-0.05, 0) is 87.1 Å². The Morgan fingerprint density at radius 1 is 0.400 bits per heavy atom. The molecule has 11 rings (SSSR count). The molecule has 11 aromatic rings. The Kier molecular flexibility index (Phi) is 7.39. The lowest BCUT2D eigenvalue weighted by Crippen LogP contribution is -2.10. The Morgan fingerprint density at radius 2 is 1.04 bits per heavy atom. The second kappa shape index (κ2) is 12.9. The Labute approximate surface area is 322 Å². The number of benzene rings is 9. The molecule has 55 heavy (non-hydrogen) atoms. The van der Waals surface area contributed by atoms with Crippen LogP contribution in [0.4, 0.5) is 17.1 Å². The molecule has 0 radical (unpaired) electrons. The number of fused-ring (bicyclic) bond motifs is 7. The van der Waals surface area contributed by atoms with E-state index < -0.39 is 0 Å². The third-order valence-corrected chi connectivity index (χ3v) is 12.1. The summed E-state index contributed by atoms with van der Waals surface area (Å²) in [5, 5.41) is 7.29. The van der Waals surface area contributed by atoms with E-state index in [0.29, 0.717) is 0 Å². The van der Waals surface area contributed by atoms with Crippen molar-refractivity contribution in [1.29, 1.82) is 0 Å². The molecule has 0 unspecified atom stereocenters. The molecule has 0 fully saturated rings. The van der Waals surface area contributed by atoms with Crippen LogP contribution in [-0.4, -0.2) is 0 Å². The first-order valence-electron chi connectivity index (χ1n) is 18.7. The third kappa shape index (κ3) is 5.32. The van der Waals surface area contributed by atoms with Crippen LogP contribution in [0.5, 0.6) is 0 Å². The first-order valence-corrected chi connectivity index (χ1v) is 19.5. The first kappa shape index (κ1) is 31.6. The van der Waals surface area contributed by atoms with E-state index in [1.165, 1.54) is 53.2 Å². The maximum absolute atomic E-state index is 6.44. The Bertz CT molecular complexity index is 3190. The molecule has 9 aromatic carbocycles. The van der Waals surface area contributed by atoms with Crippen molar-refractivity contribution in [2.75, 3.05) is 4.90 Å². The zero-order chi connectivity index (χ0) is 36.3. The highest BCUT2D eigenvalue weighted by Crippen LogP contribution is 2.49. The van der Waals surface area contributed by atoms with Crippen LogP contribution in [0.2, 0.25) is 0 Å². The Morgan fingerprint density at radius 3 is 1.85 bits per heavy atom. The van der Waals surface area contributed by atoms with Crippen molar-refractivity contribution >= 4 is 81.3 Å². The van der Waals surface area contributed by atoms with Gasteiger partial charge in [-0.3, -0.25) is 0 Å². The maximum atomic E-state index is 6.44. The monoisotopic (exact) mass is 719 g/mol. The summed E-state index contributed by atoms with van der Waals surface area (Å²) >= 11 is 1.88. The molecular formula is C52H33NOS. The number of thiophene rings is 1. The minimum absolute atomic E-state index is 0.908. The predicted molar refractivity (Wildman–Crippen MR) is 235 cm³/mol. The summed E-state index contributed by atoms with van der Waals surface area (Å²) in [4.78, 5) is 2.42. The minimum Gasteiger partial charge on any atom is -0.455 e. The highest BCUT2D eigenvalue weighted by molar-refractivity contribution is 7.26. The fraction of sp³-hybridized carbons (Fsp3) is 0. The summed E-state index contributed by atoms with van der Waals surface area (Å²) < 4.78 is 9.01. The van der Waals surface area contributed by atoms with Gasteiger partial charge in [0.1, 0.15) is 11.2 Å². The smallest absolute Gasteiger partial charge is 0.143 e. The van der Waals surface area contributed by atoms with Gasteiger partial charge in [0.25, 0.3) is 0 Å². The second-order valence-corrected chi connectivity index (χ2v) is 15.1. The van der Waals surface area contributed by atoms with Crippen molar-refractivity contribution in [3.63, 3.8) is 0 Å². The van der Waals surface area contributed by atoms with E-state index in [1.54, 1.807) is 0 Å². The predicted octanol–water partition coefficient (Wildman–Crippen LogP) is 15.6. The van der Waals surface area contributed by atoms with Crippen LogP contribution < -0.4 is 4.90 Å². The van der Waals surface area contributed by atoms with Gasteiger partial charge in [-0.25, -0.2) is 0 Å². The molecule has 2 heterocycles. The molecule has 0 bridgehead atoms. The molecule has 2 aromatic heterocycles. The normalized spacial score (nSPS) is 11.6. The number of hydrogen-bond acceptors (Lipinski definition) is 3. The van der Waals surface area contributed by atoms with Crippen molar-refractivity contribution in [3.05, 3.63) is 200 Å². The topological polar surface area (TPSA) is 16.4 Å².